The van der Waals surface area contributed by atoms with Gasteiger partial charge in [-0.15, -0.1) is 0 Å². The Balaban J connectivity index is 3.58. The van der Waals surface area contributed by atoms with E-state index in [1.807, 2.05) is 23.5 Å². The summed E-state index contributed by atoms with van der Waals surface area (Å²) in [5.74, 6) is 5.23. The van der Waals surface area contributed by atoms with Gasteiger partial charge in [0.1, 0.15) is 0 Å². The maximum atomic E-state index is 11.8. The number of nitrogens with two attached hydrogens (primary N) is 2. The average Bonchev–Trinajstić information content (AvgIpc) is 2.73. The molecule has 2 unspecified atom stereocenters. The molecule has 10 heteroatoms. The van der Waals surface area contributed by atoms with Gasteiger partial charge in [-0.05, 0) is 23.3 Å². The first-order chi connectivity index (χ1) is 14.5. The van der Waals surface area contributed by atoms with Gasteiger partial charge in [0, 0.05) is 76.7 Å². The van der Waals surface area contributed by atoms with Crippen LogP contribution < -0.4 is 32.7 Å². The molecular weight excluding hydrogens is 420 g/mol. The highest BCUT2D eigenvalue weighted by Gasteiger charge is 2.13. The second-order valence-electron chi connectivity index (χ2n) is 7.38. The Morgan fingerprint density at radius 3 is 1.47 bits per heavy atom. The molecule has 0 aromatic heterocycles. The molecule has 30 heavy (non-hydrogen) atoms. The van der Waals surface area contributed by atoms with Crippen LogP contribution in [0.4, 0.5) is 0 Å². The highest BCUT2D eigenvalue weighted by molar-refractivity contribution is 7.99. The summed E-state index contributed by atoms with van der Waals surface area (Å²) >= 11 is 3.69. The van der Waals surface area contributed by atoms with Gasteiger partial charge in [-0.1, -0.05) is 13.8 Å². The van der Waals surface area contributed by atoms with Crippen molar-refractivity contribution in [3.05, 3.63) is 0 Å². The van der Waals surface area contributed by atoms with Crippen LogP contribution in [-0.4, -0.2) is 87.2 Å². The molecule has 0 aliphatic rings. The third-order valence-electron chi connectivity index (χ3n) is 4.57. The van der Waals surface area contributed by atoms with E-state index in [0.717, 1.165) is 49.2 Å². The SMILES string of the molecule is CC(CSCCC(=O)NCCNCCN)C(C)CSCCC(=O)NCCNCCN. The van der Waals surface area contributed by atoms with Gasteiger partial charge in [0.05, 0.1) is 0 Å². The topological polar surface area (TPSA) is 134 Å². The highest BCUT2D eigenvalue weighted by atomic mass is 32.2. The monoisotopic (exact) mass is 464 g/mol. The number of carbonyl (C=O) groups is 2. The molecule has 0 aromatic carbocycles. The number of carbonyl (C=O) groups excluding carboxylic acids is 2. The van der Waals surface area contributed by atoms with Crippen molar-refractivity contribution in [1.82, 2.24) is 21.3 Å². The Bertz CT molecular complexity index is 394. The summed E-state index contributed by atoms with van der Waals surface area (Å²) in [6, 6.07) is 0. The lowest BCUT2D eigenvalue weighted by Gasteiger charge is -2.19. The van der Waals surface area contributed by atoms with Crippen LogP contribution in [0.25, 0.3) is 0 Å². The fourth-order valence-electron chi connectivity index (χ4n) is 2.41. The van der Waals surface area contributed by atoms with Gasteiger partial charge in [-0.25, -0.2) is 0 Å². The average molecular weight is 465 g/mol. The van der Waals surface area contributed by atoms with E-state index in [2.05, 4.69) is 35.1 Å². The van der Waals surface area contributed by atoms with E-state index in [9.17, 15) is 9.59 Å². The predicted octanol–water partition coefficient (Wildman–Crippen LogP) is -0.166. The van der Waals surface area contributed by atoms with Crippen LogP contribution in [0.5, 0.6) is 0 Å². The molecule has 8 N–H and O–H groups in total. The molecule has 0 rings (SSSR count). The summed E-state index contributed by atoms with van der Waals surface area (Å²) in [6.45, 7) is 10.1. The van der Waals surface area contributed by atoms with Crippen LogP contribution in [0.3, 0.4) is 0 Å². The summed E-state index contributed by atoms with van der Waals surface area (Å²) in [5.41, 5.74) is 10.8. The summed E-state index contributed by atoms with van der Waals surface area (Å²) in [5, 5.41) is 12.1. The second-order valence-corrected chi connectivity index (χ2v) is 9.68. The van der Waals surface area contributed by atoms with E-state index in [-0.39, 0.29) is 11.8 Å². The maximum Gasteiger partial charge on any atom is 0.220 e. The fraction of sp³-hybridized carbons (Fsp3) is 0.900. The van der Waals surface area contributed by atoms with Crippen molar-refractivity contribution in [2.45, 2.75) is 26.7 Å². The maximum absolute atomic E-state index is 11.8. The van der Waals surface area contributed by atoms with Gasteiger partial charge in [0.25, 0.3) is 0 Å². The van der Waals surface area contributed by atoms with Crippen molar-refractivity contribution in [1.29, 1.82) is 0 Å². The molecule has 0 bridgehead atoms. The molecule has 2 amide bonds. The summed E-state index contributed by atoms with van der Waals surface area (Å²) in [4.78, 5) is 23.5. The summed E-state index contributed by atoms with van der Waals surface area (Å²) in [7, 11) is 0. The number of amides is 2. The zero-order valence-electron chi connectivity index (χ0n) is 18.8. The molecule has 0 aromatic rings. The van der Waals surface area contributed by atoms with Crippen molar-refractivity contribution in [3.63, 3.8) is 0 Å². The van der Waals surface area contributed by atoms with E-state index in [1.165, 1.54) is 0 Å². The third kappa shape index (κ3) is 19.4. The molecule has 8 nitrogen and oxygen atoms in total. The Morgan fingerprint density at radius 2 is 1.10 bits per heavy atom. The predicted molar refractivity (Wildman–Crippen MR) is 132 cm³/mol. The zero-order chi connectivity index (χ0) is 22.5. The lowest BCUT2D eigenvalue weighted by molar-refractivity contribution is -0.121. The molecule has 0 spiro atoms. The molecule has 0 fully saturated rings. The lowest BCUT2D eigenvalue weighted by atomic mass is 10.0. The summed E-state index contributed by atoms with van der Waals surface area (Å²) in [6.07, 6.45) is 1.13. The minimum Gasteiger partial charge on any atom is -0.355 e. The van der Waals surface area contributed by atoms with E-state index >= 15 is 0 Å². The van der Waals surface area contributed by atoms with Crippen LogP contribution in [0.2, 0.25) is 0 Å². The normalized spacial score (nSPS) is 13.1. The molecular formula is C20H44N6O2S2. The van der Waals surface area contributed by atoms with Crippen molar-refractivity contribution < 1.29 is 9.59 Å². The molecule has 178 valence electrons. The van der Waals surface area contributed by atoms with Gasteiger partial charge in [-0.2, -0.15) is 23.5 Å². The first-order valence-corrected chi connectivity index (χ1v) is 13.3. The molecule has 0 saturated heterocycles. The van der Waals surface area contributed by atoms with Crippen LogP contribution in [-0.2, 0) is 9.59 Å². The Labute approximate surface area is 191 Å². The zero-order valence-corrected chi connectivity index (χ0v) is 20.5. The molecule has 0 saturated carbocycles. The largest absolute Gasteiger partial charge is 0.355 e. The number of hydrogen-bond acceptors (Lipinski definition) is 8. The van der Waals surface area contributed by atoms with Gasteiger partial charge in [-0.3, -0.25) is 9.59 Å². The lowest BCUT2D eigenvalue weighted by Crippen LogP contribution is -2.34. The van der Waals surface area contributed by atoms with Crippen LogP contribution in [0.1, 0.15) is 26.7 Å². The smallest absolute Gasteiger partial charge is 0.220 e. The Kier molecular flexibility index (Phi) is 21.3. The number of rotatable bonds is 21. The number of thioether (sulfide) groups is 2. The van der Waals surface area contributed by atoms with Crippen molar-refractivity contribution >= 4 is 35.3 Å². The number of nitrogens with one attached hydrogen (secondary N) is 4. The Hall–Kier alpha value is -0.520. The van der Waals surface area contributed by atoms with Crippen LogP contribution in [0.15, 0.2) is 0 Å². The first-order valence-electron chi connectivity index (χ1n) is 11.0. The second kappa shape index (κ2) is 21.7. The van der Waals surface area contributed by atoms with E-state index in [1.54, 1.807) is 0 Å². The van der Waals surface area contributed by atoms with Crippen LogP contribution in [0, 0.1) is 11.8 Å². The standard InChI is InChI=1S/C20H44N6O2S2/c1-17(15-29-13-3-19(27)25-11-9-23-7-5-21)18(2)16-30-14-4-20(28)26-12-10-24-8-6-22/h17-18,23-24H,3-16,21-22H2,1-2H3,(H,25,27)(H,26,28). The summed E-state index contributed by atoms with van der Waals surface area (Å²) < 4.78 is 0. The molecule has 0 aliphatic carbocycles. The van der Waals surface area contributed by atoms with Crippen molar-refractivity contribution in [2.24, 2.45) is 23.3 Å². The van der Waals surface area contributed by atoms with E-state index in [0.29, 0.717) is 50.9 Å². The fourth-order valence-corrected chi connectivity index (χ4v) is 4.80. The van der Waals surface area contributed by atoms with Crippen molar-refractivity contribution in [2.75, 3.05) is 75.4 Å². The Morgan fingerprint density at radius 1 is 0.700 bits per heavy atom. The minimum atomic E-state index is 0.113. The van der Waals surface area contributed by atoms with E-state index in [4.69, 9.17) is 11.5 Å². The van der Waals surface area contributed by atoms with E-state index < -0.39 is 0 Å². The first kappa shape index (κ1) is 29.5. The number of hydrogen-bond donors (Lipinski definition) is 6. The minimum absolute atomic E-state index is 0.113. The highest BCUT2D eigenvalue weighted by Crippen LogP contribution is 2.21. The molecule has 2 atom stereocenters. The third-order valence-corrected chi connectivity index (χ3v) is 7.08. The van der Waals surface area contributed by atoms with Gasteiger partial charge < -0.3 is 32.7 Å². The van der Waals surface area contributed by atoms with Gasteiger partial charge in [0.2, 0.25) is 11.8 Å². The van der Waals surface area contributed by atoms with Gasteiger partial charge >= 0.3 is 0 Å². The quantitative estimate of drug-likeness (QED) is 0.129. The molecule has 0 heterocycles. The van der Waals surface area contributed by atoms with Crippen LogP contribution >= 0.6 is 23.5 Å². The van der Waals surface area contributed by atoms with Crippen molar-refractivity contribution in [3.8, 4) is 0 Å². The van der Waals surface area contributed by atoms with Gasteiger partial charge in [0.15, 0.2) is 0 Å². The molecule has 0 radical (unpaired) electrons. The molecule has 0 aliphatic heterocycles.